The van der Waals surface area contributed by atoms with Crippen molar-refractivity contribution in [3.05, 3.63) is 87.7 Å². The Morgan fingerprint density at radius 3 is 2.14 bits per heavy atom. The SMILES string of the molecule is Cc1ccc(-c2c(CN)c(CC(C)C)nc(C)c2C(=O)OCc2ccc(CC(=O)O)cc2)cc1.Cl. The monoisotopic (exact) mass is 496 g/mol. The molecule has 0 bridgehead atoms. The number of nitrogens with zero attached hydrogens (tertiary/aromatic N) is 1. The third-order valence-corrected chi connectivity index (χ3v) is 5.66. The highest BCUT2D eigenvalue weighted by Gasteiger charge is 2.24. The number of carbonyl (C=O) groups is 2. The third kappa shape index (κ3) is 7.13. The second-order valence-corrected chi connectivity index (χ2v) is 9.00. The summed E-state index contributed by atoms with van der Waals surface area (Å²) in [6.07, 6.45) is 0.722. The summed E-state index contributed by atoms with van der Waals surface area (Å²) < 4.78 is 5.69. The molecule has 0 saturated heterocycles. The van der Waals surface area contributed by atoms with Crippen LogP contribution in [0.15, 0.2) is 48.5 Å². The van der Waals surface area contributed by atoms with E-state index in [1.54, 1.807) is 24.3 Å². The largest absolute Gasteiger partial charge is 0.481 e. The van der Waals surface area contributed by atoms with E-state index in [-0.39, 0.29) is 32.0 Å². The lowest BCUT2D eigenvalue weighted by molar-refractivity contribution is -0.136. The zero-order valence-electron chi connectivity index (χ0n) is 20.6. The first-order valence-corrected chi connectivity index (χ1v) is 11.5. The van der Waals surface area contributed by atoms with E-state index in [9.17, 15) is 9.59 Å². The first-order valence-electron chi connectivity index (χ1n) is 11.5. The second kappa shape index (κ2) is 12.5. The van der Waals surface area contributed by atoms with E-state index in [1.165, 1.54) is 0 Å². The molecule has 7 heteroatoms. The number of pyridine rings is 1. The summed E-state index contributed by atoms with van der Waals surface area (Å²) in [7, 11) is 0. The van der Waals surface area contributed by atoms with E-state index < -0.39 is 11.9 Å². The van der Waals surface area contributed by atoms with Crippen molar-refractivity contribution < 1.29 is 19.4 Å². The second-order valence-electron chi connectivity index (χ2n) is 9.00. The van der Waals surface area contributed by atoms with Crippen molar-refractivity contribution in [1.29, 1.82) is 0 Å². The van der Waals surface area contributed by atoms with Crippen molar-refractivity contribution in [3.8, 4) is 11.1 Å². The summed E-state index contributed by atoms with van der Waals surface area (Å²) in [4.78, 5) is 29.0. The number of hydrogen-bond donors (Lipinski definition) is 2. The van der Waals surface area contributed by atoms with E-state index in [4.69, 9.17) is 20.6 Å². The predicted molar refractivity (Wildman–Crippen MR) is 140 cm³/mol. The number of halogens is 1. The average Bonchev–Trinajstić information content (AvgIpc) is 2.78. The van der Waals surface area contributed by atoms with Gasteiger partial charge < -0.3 is 15.6 Å². The van der Waals surface area contributed by atoms with Crippen LogP contribution in [0, 0.1) is 19.8 Å². The standard InChI is InChI=1S/C28H32N2O4.ClH/c1-17(2)13-24-23(15-29)27(22-11-5-18(3)6-12-22)26(19(4)30-24)28(33)34-16-21-9-7-20(8-10-21)14-25(31)32;/h5-12,17H,13-16,29H2,1-4H3,(H,31,32);1H. The van der Waals surface area contributed by atoms with Gasteiger partial charge >= 0.3 is 11.9 Å². The Hall–Kier alpha value is -3.22. The Bertz CT molecular complexity index is 1170. The minimum Gasteiger partial charge on any atom is -0.481 e. The molecule has 3 rings (SSSR count). The lowest BCUT2D eigenvalue weighted by Crippen LogP contribution is -2.17. The summed E-state index contributed by atoms with van der Waals surface area (Å²) in [6, 6.07) is 15.0. The van der Waals surface area contributed by atoms with Crippen molar-refractivity contribution in [2.24, 2.45) is 11.7 Å². The van der Waals surface area contributed by atoms with Crippen LogP contribution in [0.3, 0.4) is 0 Å². The molecule has 0 aliphatic carbocycles. The molecule has 35 heavy (non-hydrogen) atoms. The number of carboxylic acids is 1. The maximum Gasteiger partial charge on any atom is 0.340 e. The minimum absolute atomic E-state index is 0. The lowest BCUT2D eigenvalue weighted by atomic mass is 9.90. The number of nitrogens with two attached hydrogens (primary N) is 1. The molecule has 0 radical (unpaired) electrons. The minimum atomic E-state index is -0.887. The van der Waals surface area contributed by atoms with Crippen LogP contribution in [0.25, 0.3) is 11.1 Å². The highest BCUT2D eigenvalue weighted by molar-refractivity contribution is 5.99. The number of aliphatic carboxylic acids is 1. The molecular weight excluding hydrogens is 464 g/mol. The summed E-state index contributed by atoms with van der Waals surface area (Å²) in [5.74, 6) is -0.951. The van der Waals surface area contributed by atoms with Crippen LogP contribution in [-0.2, 0) is 35.5 Å². The predicted octanol–water partition coefficient (Wildman–Crippen LogP) is 5.43. The van der Waals surface area contributed by atoms with Gasteiger partial charge in [-0.15, -0.1) is 12.4 Å². The van der Waals surface area contributed by atoms with Crippen LogP contribution in [0.4, 0.5) is 0 Å². The van der Waals surface area contributed by atoms with Crippen molar-refractivity contribution in [2.75, 3.05) is 0 Å². The Morgan fingerprint density at radius 1 is 1.00 bits per heavy atom. The van der Waals surface area contributed by atoms with Crippen molar-refractivity contribution in [2.45, 2.75) is 53.7 Å². The van der Waals surface area contributed by atoms with Gasteiger partial charge in [0, 0.05) is 17.8 Å². The van der Waals surface area contributed by atoms with Crippen LogP contribution in [0.5, 0.6) is 0 Å². The van der Waals surface area contributed by atoms with Crippen molar-refractivity contribution in [1.82, 2.24) is 4.98 Å². The molecule has 1 heterocycles. The lowest BCUT2D eigenvalue weighted by Gasteiger charge is -2.20. The Kier molecular flexibility index (Phi) is 9.99. The van der Waals surface area contributed by atoms with Gasteiger partial charge in [0.2, 0.25) is 0 Å². The van der Waals surface area contributed by atoms with Gasteiger partial charge in [-0.05, 0) is 48.4 Å². The van der Waals surface area contributed by atoms with E-state index in [0.29, 0.717) is 22.7 Å². The molecule has 3 N–H and O–H groups in total. The number of benzene rings is 2. The Labute approximate surface area is 213 Å². The summed E-state index contributed by atoms with van der Waals surface area (Å²) in [5.41, 5.74) is 13.3. The fourth-order valence-corrected chi connectivity index (χ4v) is 4.01. The van der Waals surface area contributed by atoms with Crippen LogP contribution in [0.2, 0.25) is 0 Å². The topological polar surface area (TPSA) is 103 Å². The fraction of sp³-hybridized carbons (Fsp3) is 0.321. The van der Waals surface area contributed by atoms with Gasteiger partial charge in [-0.1, -0.05) is 67.9 Å². The van der Waals surface area contributed by atoms with Gasteiger partial charge in [-0.2, -0.15) is 0 Å². The molecule has 0 unspecified atom stereocenters. The normalized spacial score (nSPS) is 10.7. The Morgan fingerprint density at radius 2 is 1.60 bits per heavy atom. The molecular formula is C28H33ClN2O4. The molecule has 2 aromatic carbocycles. The van der Waals surface area contributed by atoms with Gasteiger partial charge in [0.05, 0.1) is 17.7 Å². The molecule has 186 valence electrons. The van der Waals surface area contributed by atoms with Crippen LogP contribution < -0.4 is 5.73 Å². The number of aromatic nitrogens is 1. The molecule has 0 aliphatic heterocycles. The molecule has 0 fully saturated rings. The van der Waals surface area contributed by atoms with Crippen LogP contribution >= 0.6 is 12.4 Å². The van der Waals surface area contributed by atoms with Gasteiger partial charge in [-0.3, -0.25) is 9.78 Å². The van der Waals surface area contributed by atoms with Gasteiger partial charge in [-0.25, -0.2) is 4.79 Å². The summed E-state index contributed by atoms with van der Waals surface area (Å²) in [5, 5.41) is 8.93. The molecule has 3 aromatic rings. The number of carboxylic acid groups (broad SMARTS) is 1. The maximum absolute atomic E-state index is 13.3. The highest BCUT2D eigenvalue weighted by Crippen LogP contribution is 2.33. The fourth-order valence-electron chi connectivity index (χ4n) is 4.01. The number of hydrogen-bond acceptors (Lipinski definition) is 5. The van der Waals surface area contributed by atoms with E-state index >= 15 is 0 Å². The maximum atomic E-state index is 13.3. The van der Waals surface area contributed by atoms with Gasteiger partial charge in [0.1, 0.15) is 6.61 Å². The molecule has 0 amide bonds. The quantitative estimate of drug-likeness (QED) is 0.383. The summed E-state index contributed by atoms with van der Waals surface area (Å²) >= 11 is 0. The third-order valence-electron chi connectivity index (χ3n) is 5.66. The first-order chi connectivity index (χ1) is 16.2. The van der Waals surface area contributed by atoms with Crippen molar-refractivity contribution in [3.63, 3.8) is 0 Å². The smallest absolute Gasteiger partial charge is 0.340 e. The number of ether oxygens (including phenoxy) is 1. The van der Waals surface area contributed by atoms with E-state index in [0.717, 1.165) is 39.9 Å². The van der Waals surface area contributed by atoms with Crippen LogP contribution in [0.1, 0.15) is 57.8 Å². The molecule has 0 atom stereocenters. The van der Waals surface area contributed by atoms with Crippen molar-refractivity contribution >= 4 is 24.3 Å². The van der Waals surface area contributed by atoms with Crippen LogP contribution in [-0.4, -0.2) is 22.0 Å². The number of rotatable bonds is 9. The zero-order chi connectivity index (χ0) is 24.8. The number of esters is 1. The van der Waals surface area contributed by atoms with E-state index in [2.05, 4.69) is 13.8 Å². The highest BCUT2D eigenvalue weighted by atomic mass is 35.5. The molecule has 0 spiro atoms. The average molecular weight is 497 g/mol. The molecule has 6 nitrogen and oxygen atoms in total. The number of aryl methyl sites for hydroxylation is 2. The molecule has 0 saturated carbocycles. The van der Waals surface area contributed by atoms with Gasteiger partial charge in [0.25, 0.3) is 0 Å². The van der Waals surface area contributed by atoms with Gasteiger partial charge in [0.15, 0.2) is 0 Å². The van der Waals surface area contributed by atoms with E-state index in [1.807, 2.05) is 38.1 Å². The summed E-state index contributed by atoms with van der Waals surface area (Å²) in [6.45, 7) is 8.46. The molecule has 1 aromatic heterocycles. The zero-order valence-corrected chi connectivity index (χ0v) is 21.4. The first kappa shape index (κ1) is 28.0. The Balaban J connectivity index is 0.00000432. The number of carbonyl (C=O) groups excluding carboxylic acids is 1. The molecule has 0 aliphatic rings.